The number of hydrogen-bond acceptors (Lipinski definition) is 1. The van der Waals surface area contributed by atoms with Gasteiger partial charge in [-0.05, 0) is 88.6 Å². The van der Waals surface area contributed by atoms with Crippen LogP contribution < -0.4 is 5.32 Å². The summed E-state index contributed by atoms with van der Waals surface area (Å²) in [5.74, 6) is 1.26. The maximum absolute atomic E-state index is 4.44. The van der Waals surface area contributed by atoms with E-state index < -0.39 is 0 Å². The Bertz CT molecular complexity index is 1030. The minimum Gasteiger partial charge on any atom is -0.356 e. The minimum atomic E-state index is 0.204. The molecular formula is C31H37N. The van der Waals surface area contributed by atoms with Gasteiger partial charge in [-0.3, -0.25) is 0 Å². The lowest BCUT2D eigenvalue weighted by atomic mass is 9.77. The van der Waals surface area contributed by atoms with Crippen LogP contribution in [0.15, 0.2) is 79.4 Å². The molecule has 0 bridgehead atoms. The lowest BCUT2D eigenvalue weighted by Crippen LogP contribution is -2.20. The molecule has 0 heterocycles. The van der Waals surface area contributed by atoms with Crippen LogP contribution in [0, 0.1) is 11.8 Å². The van der Waals surface area contributed by atoms with Crippen LogP contribution in [0.4, 0.5) is 11.4 Å². The Balaban J connectivity index is 1.38. The summed E-state index contributed by atoms with van der Waals surface area (Å²) < 4.78 is 0. The molecule has 0 spiro atoms. The van der Waals surface area contributed by atoms with Gasteiger partial charge in [0.25, 0.3) is 0 Å². The van der Waals surface area contributed by atoms with E-state index in [2.05, 4.69) is 112 Å². The van der Waals surface area contributed by atoms with E-state index in [1.165, 1.54) is 40.7 Å². The van der Waals surface area contributed by atoms with Crippen LogP contribution >= 0.6 is 0 Å². The molecule has 32 heavy (non-hydrogen) atoms. The lowest BCUT2D eigenvalue weighted by Gasteiger charge is -2.28. The van der Waals surface area contributed by atoms with Gasteiger partial charge in [0.2, 0.25) is 0 Å². The molecule has 0 radical (unpaired) electrons. The zero-order valence-corrected chi connectivity index (χ0v) is 20.1. The monoisotopic (exact) mass is 423 g/mol. The smallest absolute Gasteiger partial charge is 0.0384 e. The van der Waals surface area contributed by atoms with Crippen LogP contribution in [-0.4, -0.2) is 0 Å². The second kappa shape index (κ2) is 9.36. The van der Waals surface area contributed by atoms with Gasteiger partial charge in [0, 0.05) is 11.4 Å². The summed E-state index contributed by atoms with van der Waals surface area (Å²) in [5, 5.41) is 3.55. The summed E-state index contributed by atoms with van der Waals surface area (Å²) in [6.07, 6.45) is 4.66. The first kappa shape index (κ1) is 22.4. The van der Waals surface area contributed by atoms with E-state index in [4.69, 9.17) is 0 Å². The Morgan fingerprint density at radius 2 is 1.44 bits per heavy atom. The molecule has 1 atom stereocenters. The third kappa shape index (κ3) is 4.99. The van der Waals surface area contributed by atoms with E-state index in [0.29, 0.717) is 5.92 Å². The molecule has 1 heteroatoms. The molecule has 166 valence electrons. The Morgan fingerprint density at radius 1 is 0.906 bits per heavy atom. The second-order valence-corrected chi connectivity index (χ2v) is 10.3. The number of rotatable bonds is 8. The van der Waals surface area contributed by atoms with E-state index in [1.807, 2.05) is 0 Å². The number of nitrogens with one attached hydrogen (secondary N) is 1. The highest BCUT2D eigenvalue weighted by Gasteiger charge is 2.24. The molecule has 0 aromatic heterocycles. The summed E-state index contributed by atoms with van der Waals surface area (Å²) in [7, 11) is 0. The Hall–Kier alpha value is -2.80. The maximum Gasteiger partial charge on any atom is 0.0384 e. The topological polar surface area (TPSA) is 12.0 Å². The number of fused-ring (bicyclic) bond motifs is 1. The van der Waals surface area contributed by atoms with E-state index in [9.17, 15) is 0 Å². The molecule has 1 N–H and O–H groups in total. The lowest BCUT2D eigenvalue weighted by molar-refractivity contribution is 0.372. The molecule has 1 aliphatic carbocycles. The minimum absolute atomic E-state index is 0.204. The highest BCUT2D eigenvalue weighted by molar-refractivity contribution is 5.70. The van der Waals surface area contributed by atoms with Crippen molar-refractivity contribution >= 4 is 16.9 Å². The quantitative estimate of drug-likeness (QED) is 0.382. The first-order chi connectivity index (χ1) is 15.4. The summed E-state index contributed by atoms with van der Waals surface area (Å²) in [6.45, 7) is 13.8. The maximum atomic E-state index is 4.44. The molecule has 4 rings (SSSR count). The van der Waals surface area contributed by atoms with Crippen molar-refractivity contribution in [3.8, 4) is 0 Å². The number of allylic oxidation sites excluding steroid dienone is 1. The Labute approximate surface area is 194 Å². The Kier molecular flexibility index (Phi) is 6.55. The van der Waals surface area contributed by atoms with Crippen LogP contribution in [0.5, 0.6) is 0 Å². The van der Waals surface area contributed by atoms with Crippen LogP contribution in [0.3, 0.4) is 0 Å². The van der Waals surface area contributed by atoms with Gasteiger partial charge < -0.3 is 5.32 Å². The van der Waals surface area contributed by atoms with Crippen molar-refractivity contribution in [2.24, 2.45) is 11.8 Å². The number of anilines is 2. The van der Waals surface area contributed by atoms with Gasteiger partial charge in [0.05, 0.1) is 0 Å². The van der Waals surface area contributed by atoms with Crippen molar-refractivity contribution in [3.05, 3.63) is 102 Å². The molecule has 0 aliphatic heterocycles. The summed E-state index contributed by atoms with van der Waals surface area (Å²) in [4.78, 5) is 0. The first-order valence-electron chi connectivity index (χ1n) is 12.1. The largest absolute Gasteiger partial charge is 0.356 e. The molecule has 1 aliphatic rings. The third-order valence-electron chi connectivity index (χ3n) is 7.31. The van der Waals surface area contributed by atoms with Crippen molar-refractivity contribution in [2.45, 2.75) is 58.8 Å². The molecular weight excluding hydrogens is 386 g/mol. The van der Waals surface area contributed by atoms with Crippen LogP contribution in [-0.2, 0) is 18.3 Å². The normalized spacial score (nSPS) is 14.8. The summed E-state index contributed by atoms with van der Waals surface area (Å²) in [5.41, 5.74) is 9.31. The van der Waals surface area contributed by atoms with Gasteiger partial charge in [-0.1, -0.05) is 89.2 Å². The molecule has 1 unspecified atom stereocenters. The van der Waals surface area contributed by atoms with Crippen LogP contribution in [0.1, 0.15) is 62.8 Å². The average Bonchev–Trinajstić information content (AvgIpc) is 3.23. The van der Waals surface area contributed by atoms with Gasteiger partial charge in [-0.2, -0.15) is 0 Å². The number of benzene rings is 3. The average molecular weight is 424 g/mol. The molecule has 0 fully saturated rings. The zero-order valence-electron chi connectivity index (χ0n) is 20.1. The van der Waals surface area contributed by atoms with Crippen molar-refractivity contribution in [3.63, 3.8) is 0 Å². The van der Waals surface area contributed by atoms with Crippen molar-refractivity contribution < 1.29 is 0 Å². The fraction of sp³-hybridized carbons (Fsp3) is 0.355. The van der Waals surface area contributed by atoms with Crippen molar-refractivity contribution in [1.82, 2.24) is 0 Å². The first-order valence-corrected chi connectivity index (χ1v) is 12.1. The van der Waals surface area contributed by atoms with Gasteiger partial charge in [-0.15, -0.1) is 0 Å². The summed E-state index contributed by atoms with van der Waals surface area (Å²) >= 11 is 0. The molecule has 0 amide bonds. The molecule has 3 aromatic rings. The van der Waals surface area contributed by atoms with E-state index in [-0.39, 0.29) is 5.41 Å². The molecule has 1 nitrogen and oxygen atoms in total. The molecule has 0 saturated heterocycles. The summed E-state index contributed by atoms with van der Waals surface area (Å²) in [6, 6.07) is 26.5. The zero-order chi connectivity index (χ0) is 22.7. The standard InChI is InChI=1S/C31H37N/c1-6-22(2)21-31(4,5)28-13-17-30(18-14-28)32-29-15-11-24(12-16-29)23(3)27-19-25-9-7-8-10-26(25)20-27/h7-18,22,27,32H,3,6,19-21H2,1-2,4-5H3. The fourth-order valence-corrected chi connectivity index (χ4v) is 5.11. The van der Waals surface area contributed by atoms with Gasteiger partial charge in [-0.25, -0.2) is 0 Å². The van der Waals surface area contributed by atoms with Crippen molar-refractivity contribution in [2.75, 3.05) is 5.32 Å². The Morgan fingerprint density at radius 3 is 1.97 bits per heavy atom. The predicted molar refractivity (Wildman–Crippen MR) is 140 cm³/mol. The van der Waals surface area contributed by atoms with E-state index in [1.54, 1.807) is 0 Å². The fourth-order valence-electron chi connectivity index (χ4n) is 5.11. The molecule has 3 aromatic carbocycles. The van der Waals surface area contributed by atoms with Gasteiger partial charge in [0.1, 0.15) is 0 Å². The highest BCUT2D eigenvalue weighted by Crippen LogP contribution is 2.36. The SMILES string of the molecule is C=C(c1ccc(Nc2ccc(C(C)(C)CC(C)CC)cc2)cc1)C1Cc2ccccc2C1. The third-order valence-corrected chi connectivity index (χ3v) is 7.31. The van der Waals surface area contributed by atoms with Crippen LogP contribution in [0.25, 0.3) is 5.57 Å². The van der Waals surface area contributed by atoms with Crippen LogP contribution in [0.2, 0.25) is 0 Å². The second-order valence-electron chi connectivity index (χ2n) is 10.3. The van der Waals surface area contributed by atoms with Gasteiger partial charge in [0.15, 0.2) is 0 Å². The molecule has 0 saturated carbocycles. The predicted octanol–water partition coefficient (Wildman–Crippen LogP) is 8.57. The van der Waals surface area contributed by atoms with E-state index >= 15 is 0 Å². The van der Waals surface area contributed by atoms with Crippen molar-refractivity contribution in [1.29, 1.82) is 0 Å². The highest BCUT2D eigenvalue weighted by atomic mass is 14.9. The van der Waals surface area contributed by atoms with Gasteiger partial charge >= 0.3 is 0 Å². The number of hydrogen-bond donors (Lipinski definition) is 1. The van der Waals surface area contributed by atoms with E-state index in [0.717, 1.165) is 30.1 Å².